The Kier molecular flexibility index (Phi) is 6.16. The van der Waals surface area contributed by atoms with Crippen LogP contribution in [-0.4, -0.2) is 33.4 Å². The summed E-state index contributed by atoms with van der Waals surface area (Å²) in [6, 6.07) is 12.7. The maximum atomic E-state index is 13.0. The zero-order chi connectivity index (χ0) is 18.4. The molecule has 26 heavy (non-hydrogen) atoms. The van der Waals surface area contributed by atoms with E-state index < -0.39 is 12.1 Å². The molecule has 2 aromatic carbocycles. The van der Waals surface area contributed by atoms with Crippen molar-refractivity contribution in [1.29, 1.82) is 0 Å². The third-order valence-electron chi connectivity index (χ3n) is 3.46. The van der Waals surface area contributed by atoms with Crippen LogP contribution in [0, 0.1) is 9.39 Å². The number of nitrogens with zero attached hydrogens (tertiary/aromatic N) is 3. The monoisotopic (exact) mass is 467 g/mol. The quantitative estimate of drug-likeness (QED) is 0.394. The van der Waals surface area contributed by atoms with Gasteiger partial charge in [-0.1, -0.05) is 0 Å². The molecule has 8 heteroatoms. The second-order valence-corrected chi connectivity index (χ2v) is 6.66. The van der Waals surface area contributed by atoms with Gasteiger partial charge in [0.1, 0.15) is 30.8 Å². The molecule has 0 unspecified atom stereocenters. The summed E-state index contributed by atoms with van der Waals surface area (Å²) in [5, 5.41) is 4.02. The minimum absolute atomic E-state index is 0.0988. The van der Waals surface area contributed by atoms with E-state index in [-0.39, 0.29) is 19.0 Å². The van der Waals surface area contributed by atoms with Crippen molar-refractivity contribution in [3.8, 4) is 5.75 Å². The molecule has 6 nitrogen and oxygen atoms in total. The molecule has 0 amide bonds. The second-order valence-electron chi connectivity index (χ2n) is 5.42. The summed E-state index contributed by atoms with van der Waals surface area (Å²) < 4.78 is 26.8. The lowest BCUT2D eigenvalue weighted by Gasteiger charge is -2.18. The summed E-state index contributed by atoms with van der Waals surface area (Å²) in [4.78, 5) is 16.3. The molecular formula is C18H15FIN3O3. The highest BCUT2D eigenvalue weighted by Crippen LogP contribution is 2.14. The Morgan fingerprint density at radius 2 is 1.88 bits per heavy atom. The minimum Gasteiger partial charge on any atom is -0.490 e. The number of hydrogen-bond acceptors (Lipinski definition) is 5. The smallest absolute Gasteiger partial charge is 0.338 e. The third kappa shape index (κ3) is 5.25. The van der Waals surface area contributed by atoms with Gasteiger partial charge in [0.25, 0.3) is 0 Å². The van der Waals surface area contributed by atoms with Gasteiger partial charge in [0.05, 0.1) is 12.1 Å². The van der Waals surface area contributed by atoms with Crippen LogP contribution in [0.4, 0.5) is 4.39 Å². The lowest BCUT2D eigenvalue weighted by Crippen LogP contribution is -2.30. The van der Waals surface area contributed by atoms with Gasteiger partial charge in [-0.3, -0.25) is 0 Å². The molecule has 134 valence electrons. The van der Waals surface area contributed by atoms with E-state index in [1.807, 2.05) is 12.1 Å². The Hall–Kier alpha value is -2.49. The predicted octanol–water partition coefficient (Wildman–Crippen LogP) is 3.33. The zero-order valence-corrected chi connectivity index (χ0v) is 15.7. The van der Waals surface area contributed by atoms with Crippen LogP contribution in [0.25, 0.3) is 0 Å². The number of benzene rings is 2. The molecule has 1 atom stereocenters. The molecule has 0 spiro atoms. The Morgan fingerprint density at radius 3 is 2.54 bits per heavy atom. The number of carbonyl (C=O) groups excluding carboxylic acids is 1. The van der Waals surface area contributed by atoms with Gasteiger partial charge in [0.15, 0.2) is 6.10 Å². The number of halogens is 2. The summed E-state index contributed by atoms with van der Waals surface area (Å²) in [6.07, 6.45) is 2.34. The van der Waals surface area contributed by atoms with Gasteiger partial charge in [0, 0.05) is 3.57 Å². The van der Waals surface area contributed by atoms with Gasteiger partial charge in [0.2, 0.25) is 0 Å². The van der Waals surface area contributed by atoms with E-state index in [4.69, 9.17) is 9.47 Å². The van der Waals surface area contributed by atoms with Crippen molar-refractivity contribution in [3.63, 3.8) is 0 Å². The van der Waals surface area contributed by atoms with Crippen molar-refractivity contribution in [3.05, 3.63) is 76.1 Å². The molecule has 0 bridgehead atoms. The summed E-state index contributed by atoms with van der Waals surface area (Å²) in [6.45, 7) is 0.388. The molecule has 0 aliphatic rings. The van der Waals surface area contributed by atoms with Gasteiger partial charge in [-0.15, -0.1) is 0 Å². The molecule has 1 aromatic heterocycles. The fourth-order valence-corrected chi connectivity index (χ4v) is 2.54. The molecule has 1 heterocycles. The fraction of sp³-hybridized carbons (Fsp3) is 0.167. The zero-order valence-electron chi connectivity index (χ0n) is 13.6. The maximum absolute atomic E-state index is 13.0. The minimum atomic E-state index is -0.589. The Morgan fingerprint density at radius 1 is 1.15 bits per heavy atom. The molecule has 0 aliphatic carbocycles. The van der Waals surface area contributed by atoms with E-state index in [0.29, 0.717) is 11.3 Å². The van der Waals surface area contributed by atoms with Crippen LogP contribution in [0.15, 0.2) is 61.2 Å². The van der Waals surface area contributed by atoms with E-state index in [0.717, 1.165) is 3.57 Å². The van der Waals surface area contributed by atoms with Crippen LogP contribution < -0.4 is 4.74 Å². The molecule has 3 rings (SSSR count). The van der Waals surface area contributed by atoms with Crippen LogP contribution in [0.1, 0.15) is 10.4 Å². The normalized spacial score (nSPS) is 11.8. The van der Waals surface area contributed by atoms with Crippen molar-refractivity contribution in [2.24, 2.45) is 0 Å². The van der Waals surface area contributed by atoms with Crippen molar-refractivity contribution in [2.45, 2.75) is 12.6 Å². The SMILES string of the molecule is O=C(O[C@@H](COc1ccc(F)cc1)Cn1cncn1)c1ccc(I)cc1. The summed E-state index contributed by atoms with van der Waals surface area (Å²) in [7, 11) is 0. The first-order chi connectivity index (χ1) is 12.6. The molecule has 0 fully saturated rings. The Bertz CT molecular complexity index is 839. The highest BCUT2D eigenvalue weighted by atomic mass is 127. The molecule has 0 saturated carbocycles. The van der Waals surface area contributed by atoms with Crippen molar-refractivity contribution in [2.75, 3.05) is 6.61 Å². The number of carbonyl (C=O) groups is 1. The van der Waals surface area contributed by atoms with Crippen LogP contribution in [0.2, 0.25) is 0 Å². The van der Waals surface area contributed by atoms with Gasteiger partial charge in [-0.2, -0.15) is 5.10 Å². The number of ether oxygens (including phenoxy) is 2. The van der Waals surface area contributed by atoms with E-state index >= 15 is 0 Å². The van der Waals surface area contributed by atoms with Crippen LogP contribution in [0.3, 0.4) is 0 Å². The molecule has 0 radical (unpaired) electrons. The van der Waals surface area contributed by atoms with Crippen molar-refractivity contribution >= 4 is 28.6 Å². The first-order valence-electron chi connectivity index (χ1n) is 7.77. The molecule has 3 aromatic rings. The standard InChI is InChI=1S/C18H15FIN3O3/c19-14-3-7-16(8-4-14)25-10-17(9-23-12-21-11-22-23)26-18(24)13-1-5-15(20)6-2-13/h1-8,11-12,17H,9-10H2/t17-/m1/s1. The van der Waals surface area contributed by atoms with E-state index in [2.05, 4.69) is 32.7 Å². The maximum Gasteiger partial charge on any atom is 0.338 e. The van der Waals surface area contributed by atoms with Crippen LogP contribution >= 0.6 is 22.6 Å². The van der Waals surface area contributed by atoms with Crippen molar-refractivity contribution in [1.82, 2.24) is 14.8 Å². The summed E-state index contributed by atoms with van der Waals surface area (Å²) in [5.41, 5.74) is 0.454. The number of hydrogen-bond donors (Lipinski definition) is 0. The largest absolute Gasteiger partial charge is 0.490 e. The lowest BCUT2D eigenvalue weighted by molar-refractivity contribution is 0.0114. The van der Waals surface area contributed by atoms with Crippen LogP contribution in [0.5, 0.6) is 5.75 Å². The average Bonchev–Trinajstić information content (AvgIpc) is 3.14. The van der Waals surface area contributed by atoms with E-state index in [1.165, 1.54) is 36.9 Å². The topological polar surface area (TPSA) is 66.2 Å². The highest BCUT2D eigenvalue weighted by molar-refractivity contribution is 14.1. The number of rotatable bonds is 7. The van der Waals surface area contributed by atoms with Crippen molar-refractivity contribution < 1.29 is 18.7 Å². The third-order valence-corrected chi connectivity index (χ3v) is 4.18. The number of esters is 1. The summed E-state index contributed by atoms with van der Waals surface area (Å²) >= 11 is 2.16. The van der Waals surface area contributed by atoms with E-state index in [9.17, 15) is 9.18 Å². The Balaban J connectivity index is 1.66. The molecule has 0 saturated heterocycles. The van der Waals surface area contributed by atoms with Gasteiger partial charge < -0.3 is 9.47 Å². The van der Waals surface area contributed by atoms with Gasteiger partial charge >= 0.3 is 5.97 Å². The van der Waals surface area contributed by atoms with Crippen LogP contribution in [-0.2, 0) is 11.3 Å². The lowest BCUT2D eigenvalue weighted by atomic mass is 10.2. The first kappa shape index (κ1) is 18.3. The molecular weight excluding hydrogens is 452 g/mol. The average molecular weight is 467 g/mol. The molecule has 0 aliphatic heterocycles. The second kappa shape index (κ2) is 8.75. The predicted molar refractivity (Wildman–Crippen MR) is 100 cm³/mol. The van der Waals surface area contributed by atoms with Gasteiger partial charge in [-0.05, 0) is 71.1 Å². The van der Waals surface area contributed by atoms with Gasteiger partial charge in [-0.25, -0.2) is 18.9 Å². The fourth-order valence-electron chi connectivity index (χ4n) is 2.19. The first-order valence-corrected chi connectivity index (χ1v) is 8.85. The molecule has 0 N–H and O–H groups in total. The Labute approximate surface area is 163 Å². The summed E-state index contributed by atoms with van der Waals surface area (Å²) in [5.74, 6) is -0.309. The highest BCUT2D eigenvalue weighted by Gasteiger charge is 2.18. The van der Waals surface area contributed by atoms with E-state index in [1.54, 1.807) is 16.8 Å². The number of aromatic nitrogens is 3.